The van der Waals surface area contributed by atoms with E-state index in [0.29, 0.717) is 6.42 Å². The van der Waals surface area contributed by atoms with Gasteiger partial charge in [0.25, 0.3) is 15.8 Å². The Bertz CT molecular complexity index is 783. The average Bonchev–Trinajstić information content (AvgIpc) is 2.91. The highest BCUT2D eigenvalue weighted by molar-refractivity contribution is 7.86. The zero-order valence-corrected chi connectivity index (χ0v) is 14.9. The van der Waals surface area contributed by atoms with Gasteiger partial charge in [-0.25, -0.2) is 8.98 Å². The van der Waals surface area contributed by atoms with Crippen LogP contribution in [0.4, 0.5) is 10.5 Å². The van der Waals surface area contributed by atoms with E-state index >= 15 is 0 Å². The van der Waals surface area contributed by atoms with E-state index in [-0.39, 0.29) is 23.5 Å². The van der Waals surface area contributed by atoms with Crippen LogP contribution in [0.1, 0.15) is 33.6 Å². The highest BCUT2D eigenvalue weighted by Crippen LogP contribution is 2.46. The lowest BCUT2D eigenvalue weighted by molar-refractivity contribution is -0.384. The molecule has 1 N–H and O–H groups in total. The van der Waals surface area contributed by atoms with Crippen LogP contribution in [0.3, 0.4) is 0 Å². The van der Waals surface area contributed by atoms with Crippen LogP contribution in [0.5, 0.6) is 0 Å². The Hall–Kier alpha value is -2.20. The van der Waals surface area contributed by atoms with Crippen LogP contribution in [-0.4, -0.2) is 41.7 Å². The van der Waals surface area contributed by atoms with Crippen molar-refractivity contribution < 1.29 is 27.4 Å². The molecule has 1 atom stereocenters. The van der Waals surface area contributed by atoms with Crippen molar-refractivity contribution in [3.8, 4) is 0 Å². The second-order valence-electron chi connectivity index (χ2n) is 6.86. The van der Waals surface area contributed by atoms with Crippen LogP contribution in [0.2, 0.25) is 0 Å². The number of benzene rings is 1. The lowest BCUT2D eigenvalue weighted by Crippen LogP contribution is -2.58. The molecule has 0 saturated carbocycles. The number of nitro groups is 1. The Morgan fingerprint density at radius 2 is 1.88 bits per heavy atom. The van der Waals surface area contributed by atoms with E-state index in [4.69, 9.17) is 4.18 Å². The Kier molecular flexibility index (Phi) is 4.79. The molecule has 1 aliphatic heterocycles. The number of carboxylic acid groups (broad SMARTS) is 1. The van der Waals surface area contributed by atoms with Crippen LogP contribution < -0.4 is 0 Å². The minimum absolute atomic E-state index is 0.169. The normalized spacial score (nSPS) is 21.3. The molecule has 0 bridgehead atoms. The minimum Gasteiger partial charge on any atom is -0.465 e. The van der Waals surface area contributed by atoms with Crippen molar-refractivity contribution in [1.29, 1.82) is 0 Å². The number of amides is 1. The molecular weight excluding hydrogens is 352 g/mol. The number of nitro benzene ring substituents is 1. The van der Waals surface area contributed by atoms with Gasteiger partial charge in [0.1, 0.15) is 0 Å². The van der Waals surface area contributed by atoms with E-state index < -0.39 is 32.3 Å². The summed E-state index contributed by atoms with van der Waals surface area (Å²) >= 11 is 0. The molecule has 0 aliphatic carbocycles. The van der Waals surface area contributed by atoms with Crippen LogP contribution in [0.25, 0.3) is 0 Å². The second kappa shape index (κ2) is 6.26. The SMILES string of the molecule is CC(C)(C)C1(OS(=O)(=O)c2ccc([N+](=O)[O-])cc2)CCCN1C(=O)O. The molecule has 1 amide bonds. The first-order valence-electron chi connectivity index (χ1n) is 7.61. The van der Waals surface area contributed by atoms with Crippen LogP contribution >= 0.6 is 0 Å². The Morgan fingerprint density at radius 1 is 1.32 bits per heavy atom. The fraction of sp³-hybridized carbons (Fsp3) is 0.533. The molecule has 138 valence electrons. The van der Waals surface area contributed by atoms with E-state index in [1.165, 1.54) is 0 Å². The maximum absolute atomic E-state index is 12.7. The standard InChI is InChI=1S/C15H20N2O7S/c1-14(2,3)15(9-4-10-16(15)13(18)19)24-25(22,23)12-7-5-11(6-8-12)17(20)21/h5-8H,4,9-10H2,1-3H3,(H,18,19). The van der Waals surface area contributed by atoms with E-state index in [0.717, 1.165) is 29.2 Å². The van der Waals surface area contributed by atoms with Crippen molar-refractivity contribution in [1.82, 2.24) is 4.90 Å². The van der Waals surface area contributed by atoms with Crippen LogP contribution in [0, 0.1) is 15.5 Å². The maximum Gasteiger partial charge on any atom is 0.409 e. The first kappa shape index (κ1) is 19.1. The first-order valence-corrected chi connectivity index (χ1v) is 9.02. The number of carbonyl (C=O) groups is 1. The Labute approximate surface area is 145 Å². The fourth-order valence-electron chi connectivity index (χ4n) is 3.00. The molecule has 1 unspecified atom stereocenters. The smallest absolute Gasteiger partial charge is 0.409 e. The van der Waals surface area contributed by atoms with Gasteiger partial charge in [-0.1, -0.05) is 20.8 Å². The van der Waals surface area contributed by atoms with E-state index in [9.17, 15) is 28.4 Å². The van der Waals surface area contributed by atoms with Gasteiger partial charge in [0.15, 0.2) is 5.72 Å². The van der Waals surface area contributed by atoms with Gasteiger partial charge in [-0.15, -0.1) is 0 Å². The zero-order chi connectivity index (χ0) is 19.0. The van der Waals surface area contributed by atoms with Crippen molar-refractivity contribution in [2.24, 2.45) is 5.41 Å². The van der Waals surface area contributed by atoms with E-state index in [1.54, 1.807) is 20.8 Å². The number of hydrogen-bond acceptors (Lipinski definition) is 6. The summed E-state index contributed by atoms with van der Waals surface area (Å²) in [4.78, 5) is 22.4. The first-order chi connectivity index (χ1) is 11.4. The molecule has 1 saturated heterocycles. The average molecular weight is 372 g/mol. The molecule has 1 aliphatic rings. The van der Waals surface area contributed by atoms with Gasteiger partial charge >= 0.3 is 6.09 Å². The van der Waals surface area contributed by atoms with Crippen LogP contribution in [-0.2, 0) is 14.3 Å². The van der Waals surface area contributed by atoms with E-state index in [2.05, 4.69) is 0 Å². The third-order valence-corrected chi connectivity index (χ3v) is 5.66. The fourth-order valence-corrected chi connectivity index (χ4v) is 4.35. The van der Waals surface area contributed by atoms with Gasteiger partial charge in [0, 0.05) is 24.1 Å². The molecular formula is C15H20N2O7S. The molecule has 1 fully saturated rings. The number of likely N-dealkylation sites (tertiary alicyclic amines) is 1. The van der Waals surface area contributed by atoms with Gasteiger partial charge < -0.3 is 5.11 Å². The van der Waals surface area contributed by atoms with Crippen molar-refractivity contribution >= 4 is 21.9 Å². The van der Waals surface area contributed by atoms with Crippen molar-refractivity contribution in [2.45, 2.75) is 44.2 Å². The molecule has 10 heteroatoms. The van der Waals surface area contributed by atoms with Crippen molar-refractivity contribution in [2.75, 3.05) is 6.54 Å². The number of non-ortho nitro benzene ring substituents is 1. The molecule has 0 aromatic heterocycles. The quantitative estimate of drug-likeness (QED) is 0.489. The largest absolute Gasteiger partial charge is 0.465 e. The number of hydrogen-bond donors (Lipinski definition) is 1. The van der Waals surface area contributed by atoms with Crippen LogP contribution in [0.15, 0.2) is 29.2 Å². The number of nitrogens with zero attached hydrogens (tertiary/aromatic N) is 2. The number of rotatable bonds is 4. The summed E-state index contributed by atoms with van der Waals surface area (Å²) in [5.41, 5.74) is -2.60. The van der Waals surface area contributed by atoms with Gasteiger partial charge in [0.05, 0.1) is 9.82 Å². The molecule has 25 heavy (non-hydrogen) atoms. The minimum atomic E-state index is -4.32. The molecule has 2 rings (SSSR count). The summed E-state index contributed by atoms with van der Waals surface area (Å²) in [7, 11) is -4.32. The maximum atomic E-state index is 12.7. The predicted octanol–water partition coefficient (Wildman–Crippen LogP) is 2.82. The Balaban J connectivity index is 2.44. The third-order valence-electron chi connectivity index (χ3n) is 4.32. The molecule has 1 aromatic carbocycles. The monoisotopic (exact) mass is 372 g/mol. The summed E-state index contributed by atoms with van der Waals surface area (Å²) in [5, 5.41) is 20.1. The molecule has 9 nitrogen and oxygen atoms in total. The predicted molar refractivity (Wildman–Crippen MR) is 87.5 cm³/mol. The zero-order valence-electron chi connectivity index (χ0n) is 14.1. The van der Waals surface area contributed by atoms with Gasteiger partial charge in [0.2, 0.25) is 0 Å². The lowest BCUT2D eigenvalue weighted by Gasteiger charge is -2.45. The van der Waals surface area contributed by atoms with Gasteiger partial charge in [-0.2, -0.15) is 8.42 Å². The lowest BCUT2D eigenvalue weighted by atomic mass is 9.81. The summed E-state index contributed by atoms with van der Waals surface area (Å²) in [5.74, 6) is 0. The summed E-state index contributed by atoms with van der Waals surface area (Å²) in [6.07, 6.45) is -0.555. The second-order valence-corrected chi connectivity index (χ2v) is 8.41. The topological polar surface area (TPSA) is 127 Å². The third kappa shape index (κ3) is 3.45. The van der Waals surface area contributed by atoms with Crippen molar-refractivity contribution in [3.05, 3.63) is 34.4 Å². The van der Waals surface area contributed by atoms with E-state index in [1.807, 2.05) is 0 Å². The molecule has 0 radical (unpaired) electrons. The highest BCUT2D eigenvalue weighted by atomic mass is 32.2. The summed E-state index contributed by atoms with van der Waals surface area (Å²) < 4.78 is 30.8. The Morgan fingerprint density at radius 3 is 2.32 bits per heavy atom. The molecule has 0 spiro atoms. The molecule has 1 aromatic rings. The van der Waals surface area contributed by atoms with Gasteiger partial charge in [-0.05, 0) is 25.0 Å². The van der Waals surface area contributed by atoms with Gasteiger partial charge in [-0.3, -0.25) is 15.0 Å². The summed E-state index contributed by atoms with van der Waals surface area (Å²) in [6.45, 7) is 5.29. The molecule has 1 heterocycles. The van der Waals surface area contributed by atoms with Crippen molar-refractivity contribution in [3.63, 3.8) is 0 Å². The summed E-state index contributed by atoms with van der Waals surface area (Å²) in [6, 6.07) is 4.26. The highest BCUT2D eigenvalue weighted by Gasteiger charge is 2.56.